The Hall–Kier alpha value is -5.85. The Morgan fingerprint density at radius 3 is 0.886 bits per heavy atom. The zero-order valence-electron chi connectivity index (χ0n) is 39.4. The molecule has 0 aliphatic rings. The van der Waals surface area contributed by atoms with E-state index in [1.54, 1.807) is 0 Å². The van der Waals surface area contributed by atoms with E-state index in [1.807, 2.05) is 19.1 Å². The van der Waals surface area contributed by atoms with Gasteiger partial charge in [0.1, 0.15) is 12.8 Å². The van der Waals surface area contributed by atoms with Gasteiger partial charge in [-0.2, -0.15) is 127 Å². The van der Waals surface area contributed by atoms with Crippen LogP contribution in [0.5, 0.6) is 5.75 Å². The fraction of sp³-hybridized carbons (Fsp3) is 0.280. The highest BCUT2D eigenvalue weighted by atomic mass is 127. The summed E-state index contributed by atoms with van der Waals surface area (Å²) in [4.78, 5) is 0. The van der Waals surface area contributed by atoms with E-state index in [0.29, 0.717) is 26.4 Å². The highest BCUT2D eigenvalue weighted by molar-refractivity contribution is 7.20. The van der Waals surface area contributed by atoms with Crippen LogP contribution in [-0.2, 0) is 58.9 Å². The van der Waals surface area contributed by atoms with Gasteiger partial charge in [0.25, 0.3) is 0 Å². The van der Waals surface area contributed by atoms with Gasteiger partial charge in [-0.15, -0.1) is 0 Å². The van der Waals surface area contributed by atoms with Gasteiger partial charge < -0.3 is 14.2 Å². The minimum Gasteiger partial charge on any atom is -0.486 e. The third-order valence-electron chi connectivity index (χ3n) is 11.3. The van der Waals surface area contributed by atoms with Gasteiger partial charge in [-0.25, -0.2) is 0 Å². The Kier molecular flexibility index (Phi) is 19.5. The fourth-order valence-corrected chi connectivity index (χ4v) is 10.3. The van der Waals surface area contributed by atoms with Crippen molar-refractivity contribution in [2.75, 3.05) is 33.0 Å². The lowest BCUT2D eigenvalue weighted by Gasteiger charge is -2.46. The van der Waals surface area contributed by atoms with Crippen molar-refractivity contribution < 1.29 is 141 Å². The molecule has 0 saturated carbocycles. The Bertz CT molecular complexity index is 2570. The van der Waals surface area contributed by atoms with Crippen molar-refractivity contribution in [1.29, 1.82) is 0 Å². The largest absolute Gasteiger partial charge is 0.486 e. The molecule has 79 heavy (non-hydrogen) atoms. The van der Waals surface area contributed by atoms with E-state index in [1.165, 1.54) is 7.14 Å². The number of hydrogen-bond acceptors (Lipinski definition) is 3. The summed E-state index contributed by atoms with van der Waals surface area (Å²) in [5, 5.41) is 0. The van der Waals surface area contributed by atoms with Crippen LogP contribution in [0.15, 0.2) is 127 Å². The molecule has 0 radical (unpaired) electrons. The number of para-hydroxylation sites is 1. The van der Waals surface area contributed by atoms with Gasteiger partial charge in [0.2, 0.25) is 3.57 Å². The molecule has 0 aromatic heterocycles. The standard InChI is InChI=1S/C32H12BF24.C18H22IO3/c34-25(35,36)13-1-14(26(37,38)39)6-21(5-13)33(22-7-15(27(40,41)42)2-16(8-22)28(43,44)45,23-9-17(29(46,47)48)3-18(10-23)30(49,50)51)24-11-19(31(52,53)54)4-20(12-24)32(55,56)57;1-2-20-12-13-21-14-15-22-18-11-7-6-10-17(18)19-16-8-4-3-5-9-16/h1-12H;3-11H,2,12-15H2,1H3/q-1;+1. The van der Waals surface area contributed by atoms with Crippen LogP contribution in [0.1, 0.15) is 51.4 Å². The van der Waals surface area contributed by atoms with Crippen LogP contribution in [0.4, 0.5) is 105 Å². The lowest BCUT2D eigenvalue weighted by molar-refractivity contribution is -0.598. The SMILES string of the molecule is CCOCCOCCOc1ccccc1[I+]c1ccccc1.FC(F)(F)c1cc([B-](c2cc(C(F)(F)F)cc(C(F)(F)F)c2)(c2cc(C(F)(F)F)cc(C(F)(F)F)c2)c2cc(C(F)(F)F)cc(C(F)(F)F)c2)cc(C(F)(F)F)c1. The number of alkyl halides is 24. The van der Waals surface area contributed by atoms with Crippen LogP contribution in [-0.4, -0.2) is 39.2 Å². The van der Waals surface area contributed by atoms with Crippen LogP contribution >= 0.6 is 0 Å². The average Bonchev–Trinajstić information content (AvgIpc) is 3.46. The first-order chi connectivity index (χ1) is 36.2. The van der Waals surface area contributed by atoms with E-state index >= 15 is 0 Å². The van der Waals surface area contributed by atoms with Crippen LogP contribution in [0.25, 0.3) is 0 Å². The molecule has 430 valence electrons. The highest BCUT2D eigenvalue weighted by Crippen LogP contribution is 2.41. The maximum atomic E-state index is 14.2. The van der Waals surface area contributed by atoms with Crippen molar-refractivity contribution in [3.8, 4) is 5.75 Å². The highest BCUT2D eigenvalue weighted by Gasteiger charge is 2.47. The summed E-state index contributed by atoms with van der Waals surface area (Å²) in [5.41, 5.74) is -30.2. The number of rotatable bonds is 14. The van der Waals surface area contributed by atoms with Gasteiger partial charge in [0.15, 0.2) is 9.32 Å². The molecule has 29 heteroatoms. The molecule has 0 unspecified atom stereocenters. The molecule has 0 bridgehead atoms. The lowest BCUT2D eigenvalue weighted by Crippen LogP contribution is -3.61. The van der Waals surface area contributed by atoms with Crippen molar-refractivity contribution >= 4 is 28.0 Å². The minimum atomic E-state index is -6.13. The number of halogens is 25. The first-order valence-electron chi connectivity index (χ1n) is 22.1. The van der Waals surface area contributed by atoms with E-state index in [4.69, 9.17) is 14.2 Å². The fourth-order valence-electron chi connectivity index (χ4n) is 7.88. The van der Waals surface area contributed by atoms with Gasteiger partial charge in [-0.05, 0) is 55.5 Å². The molecule has 0 saturated heterocycles. The molecule has 0 amide bonds. The summed E-state index contributed by atoms with van der Waals surface area (Å²) < 4.78 is 360. The topological polar surface area (TPSA) is 27.7 Å². The number of hydrogen-bond donors (Lipinski definition) is 0. The monoisotopic (exact) mass is 1280 g/mol. The molecule has 0 aliphatic heterocycles. The Morgan fingerprint density at radius 1 is 0.329 bits per heavy atom. The van der Waals surface area contributed by atoms with Crippen molar-refractivity contribution in [3.63, 3.8) is 0 Å². The maximum Gasteiger partial charge on any atom is 0.416 e. The number of ether oxygens (including phenoxy) is 3. The van der Waals surface area contributed by atoms with Crippen molar-refractivity contribution in [1.82, 2.24) is 0 Å². The molecule has 3 nitrogen and oxygen atoms in total. The molecule has 0 N–H and O–H groups in total. The second kappa shape index (κ2) is 24.1. The van der Waals surface area contributed by atoms with E-state index in [0.717, 1.165) is 12.4 Å². The van der Waals surface area contributed by atoms with E-state index in [-0.39, 0.29) is 21.2 Å². The van der Waals surface area contributed by atoms with E-state index < -0.39 is 195 Å². The van der Waals surface area contributed by atoms with Gasteiger partial charge in [0, 0.05) is 6.61 Å². The van der Waals surface area contributed by atoms with Crippen LogP contribution < -0.4 is 47.8 Å². The van der Waals surface area contributed by atoms with Crippen LogP contribution in [0.3, 0.4) is 0 Å². The summed E-state index contributed by atoms with van der Waals surface area (Å²) in [5.74, 6) is 0.979. The molecular formula is C50H34BF24IO3. The molecule has 6 aromatic rings. The second-order valence-electron chi connectivity index (χ2n) is 16.7. The summed E-state index contributed by atoms with van der Waals surface area (Å²) in [6.07, 6.45) is -54.8. The average molecular weight is 1280 g/mol. The molecular weight excluding hydrogens is 1240 g/mol. The predicted octanol–water partition coefficient (Wildman–Crippen LogP) is 11.5. The van der Waals surface area contributed by atoms with E-state index in [2.05, 4.69) is 42.5 Å². The summed E-state index contributed by atoms with van der Waals surface area (Å²) >= 11 is -0.213. The van der Waals surface area contributed by atoms with E-state index in [9.17, 15) is 105 Å². The normalized spacial score (nSPS) is 13.3. The molecule has 0 atom stereocenters. The zero-order chi connectivity index (χ0) is 59.4. The first kappa shape index (κ1) is 64.0. The molecule has 6 aromatic carbocycles. The Morgan fingerprint density at radius 2 is 0.595 bits per heavy atom. The quantitative estimate of drug-likeness (QED) is 0.0471. The first-order valence-corrected chi connectivity index (χ1v) is 24.2. The van der Waals surface area contributed by atoms with Gasteiger partial charge in [0.05, 0.1) is 64.3 Å². The Balaban J connectivity index is 0.000000433. The third-order valence-corrected chi connectivity index (χ3v) is 14.1. The smallest absolute Gasteiger partial charge is 0.416 e. The van der Waals surface area contributed by atoms with Gasteiger partial charge in [-0.3, -0.25) is 0 Å². The van der Waals surface area contributed by atoms with Crippen molar-refractivity contribution in [3.05, 3.63) is 179 Å². The predicted molar refractivity (Wildman–Crippen MR) is 233 cm³/mol. The molecule has 0 heterocycles. The lowest BCUT2D eigenvalue weighted by atomic mass is 9.12. The van der Waals surface area contributed by atoms with Crippen LogP contribution in [0.2, 0.25) is 0 Å². The molecule has 6 rings (SSSR count). The zero-order valence-corrected chi connectivity index (χ0v) is 41.6. The van der Waals surface area contributed by atoms with Crippen molar-refractivity contribution in [2.45, 2.75) is 56.3 Å². The van der Waals surface area contributed by atoms with Crippen LogP contribution in [0, 0.1) is 7.14 Å². The molecule has 0 fully saturated rings. The summed E-state index contributed by atoms with van der Waals surface area (Å²) in [6.45, 7) is 5.14. The summed E-state index contributed by atoms with van der Waals surface area (Å²) in [7, 11) is 0. The second-order valence-corrected chi connectivity index (χ2v) is 19.6. The van der Waals surface area contributed by atoms with Gasteiger partial charge in [-0.1, -0.05) is 78.9 Å². The molecule has 0 spiro atoms. The van der Waals surface area contributed by atoms with Gasteiger partial charge >= 0.3 is 70.6 Å². The minimum absolute atomic E-state index is 0.213. The molecule has 0 aliphatic carbocycles. The third kappa shape index (κ3) is 16.6. The van der Waals surface area contributed by atoms with Crippen molar-refractivity contribution in [2.24, 2.45) is 0 Å². The Labute approximate surface area is 441 Å². The maximum absolute atomic E-state index is 14.2. The number of benzene rings is 6. The summed E-state index contributed by atoms with van der Waals surface area (Å²) in [6, 6.07) is 10.1.